The molecule has 0 radical (unpaired) electrons. The second kappa shape index (κ2) is 4.88. The van der Waals surface area contributed by atoms with Gasteiger partial charge in [0, 0.05) is 13.1 Å². The van der Waals surface area contributed by atoms with Crippen molar-refractivity contribution < 1.29 is 9.53 Å². The van der Waals surface area contributed by atoms with E-state index in [4.69, 9.17) is 4.74 Å². The zero-order valence-electron chi connectivity index (χ0n) is 9.43. The summed E-state index contributed by atoms with van der Waals surface area (Å²) in [6.45, 7) is 3.83. The largest absolute Gasteiger partial charge is 0.448 e. The Balaban J connectivity index is 2.12. The lowest BCUT2D eigenvalue weighted by Crippen LogP contribution is -2.41. The number of anilines is 1. The molecule has 1 amide bonds. The molecule has 0 atom stereocenters. The van der Waals surface area contributed by atoms with Crippen molar-refractivity contribution in [2.45, 2.75) is 13.3 Å². The van der Waals surface area contributed by atoms with Crippen molar-refractivity contribution in [3.63, 3.8) is 0 Å². The number of carbonyl (C=O) groups is 1. The summed E-state index contributed by atoms with van der Waals surface area (Å²) in [5.74, 6) is 0. The first-order valence-electron chi connectivity index (χ1n) is 5.59. The number of rotatable bonds is 2. The van der Waals surface area contributed by atoms with Crippen molar-refractivity contribution >= 4 is 11.8 Å². The van der Waals surface area contributed by atoms with E-state index >= 15 is 0 Å². The third kappa shape index (κ3) is 2.10. The van der Waals surface area contributed by atoms with Gasteiger partial charge in [-0.05, 0) is 25.5 Å². The Hall–Kier alpha value is -1.71. The molecule has 1 fully saturated rings. The molecule has 86 valence electrons. The van der Waals surface area contributed by atoms with Gasteiger partial charge in [-0.15, -0.1) is 0 Å². The second-order valence-electron chi connectivity index (χ2n) is 3.63. The van der Waals surface area contributed by atoms with Crippen molar-refractivity contribution in [1.29, 1.82) is 0 Å². The first kappa shape index (κ1) is 10.8. The Morgan fingerprint density at radius 1 is 1.31 bits per heavy atom. The number of amides is 1. The molecule has 1 aromatic carbocycles. The first-order chi connectivity index (χ1) is 7.83. The molecular formula is C12H16N2O2. The van der Waals surface area contributed by atoms with E-state index in [0.29, 0.717) is 6.61 Å². The molecule has 1 saturated heterocycles. The monoisotopic (exact) mass is 220 g/mol. The Morgan fingerprint density at radius 3 is 2.75 bits per heavy atom. The van der Waals surface area contributed by atoms with E-state index in [1.54, 1.807) is 5.01 Å². The van der Waals surface area contributed by atoms with Crippen LogP contribution in [0, 0.1) is 0 Å². The van der Waals surface area contributed by atoms with Crippen molar-refractivity contribution in [3.05, 3.63) is 30.3 Å². The van der Waals surface area contributed by atoms with Gasteiger partial charge in [0.1, 0.15) is 0 Å². The van der Waals surface area contributed by atoms with Gasteiger partial charge < -0.3 is 4.74 Å². The molecule has 0 spiro atoms. The van der Waals surface area contributed by atoms with E-state index < -0.39 is 0 Å². The molecule has 4 heteroatoms. The topological polar surface area (TPSA) is 32.8 Å². The maximum Gasteiger partial charge on any atom is 0.428 e. The van der Waals surface area contributed by atoms with Gasteiger partial charge in [-0.3, -0.25) is 5.01 Å². The van der Waals surface area contributed by atoms with Crippen LogP contribution in [0.5, 0.6) is 0 Å². The van der Waals surface area contributed by atoms with E-state index in [0.717, 1.165) is 25.2 Å². The predicted molar refractivity (Wildman–Crippen MR) is 62.1 cm³/mol. The summed E-state index contributed by atoms with van der Waals surface area (Å²) in [6, 6.07) is 9.90. The van der Waals surface area contributed by atoms with Gasteiger partial charge in [-0.2, -0.15) is 0 Å². The van der Waals surface area contributed by atoms with Crippen LogP contribution in [0.3, 0.4) is 0 Å². The maximum absolute atomic E-state index is 11.7. The average Bonchev–Trinajstić information content (AvgIpc) is 2.79. The normalized spacial score (nSPS) is 15.3. The summed E-state index contributed by atoms with van der Waals surface area (Å²) in [7, 11) is 0. The molecule has 0 aliphatic carbocycles. The highest BCUT2D eigenvalue weighted by molar-refractivity contribution is 5.71. The fourth-order valence-corrected chi connectivity index (χ4v) is 1.87. The maximum atomic E-state index is 11.7. The standard InChI is InChI=1S/C12H16N2O2/c1-2-16-12(15)14-10-6-9-13(14)11-7-4-3-5-8-11/h3-5,7-8H,2,6,9-10H2,1H3. The molecule has 0 aromatic heterocycles. The molecule has 4 nitrogen and oxygen atoms in total. The van der Waals surface area contributed by atoms with E-state index in [2.05, 4.69) is 0 Å². The molecule has 1 aliphatic heterocycles. The minimum atomic E-state index is -0.260. The van der Waals surface area contributed by atoms with Crippen LogP contribution >= 0.6 is 0 Å². The zero-order valence-corrected chi connectivity index (χ0v) is 9.43. The summed E-state index contributed by atoms with van der Waals surface area (Å²) in [6.07, 6.45) is 0.720. The highest BCUT2D eigenvalue weighted by Gasteiger charge is 2.27. The molecular weight excluding hydrogens is 204 g/mol. The lowest BCUT2D eigenvalue weighted by molar-refractivity contribution is 0.112. The summed E-state index contributed by atoms with van der Waals surface area (Å²) < 4.78 is 5.02. The number of carbonyl (C=O) groups excluding carboxylic acids is 1. The van der Waals surface area contributed by atoms with Crippen molar-refractivity contribution in [2.24, 2.45) is 0 Å². The molecule has 2 rings (SSSR count). The average molecular weight is 220 g/mol. The van der Waals surface area contributed by atoms with Gasteiger partial charge in [0.15, 0.2) is 0 Å². The molecule has 0 bridgehead atoms. The van der Waals surface area contributed by atoms with Gasteiger partial charge >= 0.3 is 6.09 Å². The molecule has 0 saturated carbocycles. The van der Waals surface area contributed by atoms with Crippen LogP contribution < -0.4 is 5.01 Å². The number of hydrazine groups is 1. The van der Waals surface area contributed by atoms with Crippen molar-refractivity contribution in [1.82, 2.24) is 5.01 Å². The van der Waals surface area contributed by atoms with Gasteiger partial charge in [0.25, 0.3) is 0 Å². The number of hydrogen-bond donors (Lipinski definition) is 0. The zero-order chi connectivity index (χ0) is 11.4. The number of nitrogens with zero attached hydrogens (tertiary/aromatic N) is 2. The van der Waals surface area contributed by atoms with Crippen LogP contribution in [0.15, 0.2) is 30.3 Å². The summed E-state index contributed by atoms with van der Waals surface area (Å²) >= 11 is 0. The molecule has 0 unspecified atom stereocenters. The van der Waals surface area contributed by atoms with Crippen LogP contribution in [-0.2, 0) is 4.74 Å². The minimum Gasteiger partial charge on any atom is -0.448 e. The Kier molecular flexibility index (Phi) is 3.29. The minimum absolute atomic E-state index is 0.260. The van der Waals surface area contributed by atoms with Gasteiger partial charge in [0.05, 0.1) is 12.3 Å². The van der Waals surface area contributed by atoms with Crippen molar-refractivity contribution in [2.75, 3.05) is 24.7 Å². The van der Waals surface area contributed by atoms with Gasteiger partial charge in [-0.1, -0.05) is 18.2 Å². The van der Waals surface area contributed by atoms with E-state index in [1.807, 2.05) is 42.3 Å². The molecule has 1 aliphatic rings. The molecule has 16 heavy (non-hydrogen) atoms. The van der Waals surface area contributed by atoms with Crippen LogP contribution in [0.2, 0.25) is 0 Å². The SMILES string of the molecule is CCOC(=O)N1CCCN1c1ccccc1. The molecule has 1 aromatic rings. The Labute approximate surface area is 95.4 Å². The van der Waals surface area contributed by atoms with E-state index in [-0.39, 0.29) is 6.09 Å². The highest BCUT2D eigenvalue weighted by Crippen LogP contribution is 2.21. The van der Waals surface area contributed by atoms with Crippen molar-refractivity contribution in [3.8, 4) is 0 Å². The molecule has 1 heterocycles. The number of para-hydroxylation sites is 1. The van der Waals surface area contributed by atoms with Crippen LogP contribution in [0.4, 0.5) is 10.5 Å². The van der Waals surface area contributed by atoms with Crippen LogP contribution in [0.25, 0.3) is 0 Å². The number of hydrogen-bond acceptors (Lipinski definition) is 3. The smallest absolute Gasteiger partial charge is 0.428 e. The highest BCUT2D eigenvalue weighted by atomic mass is 16.6. The third-order valence-electron chi connectivity index (χ3n) is 2.56. The van der Waals surface area contributed by atoms with Gasteiger partial charge in [0.2, 0.25) is 0 Å². The number of ether oxygens (including phenoxy) is 1. The first-order valence-corrected chi connectivity index (χ1v) is 5.59. The molecule has 0 N–H and O–H groups in total. The summed E-state index contributed by atoms with van der Waals surface area (Å²) in [4.78, 5) is 11.7. The fourth-order valence-electron chi connectivity index (χ4n) is 1.87. The summed E-state index contributed by atoms with van der Waals surface area (Å²) in [5, 5.41) is 3.64. The van der Waals surface area contributed by atoms with Gasteiger partial charge in [-0.25, -0.2) is 9.80 Å². The van der Waals surface area contributed by atoms with E-state index in [9.17, 15) is 4.79 Å². The van der Waals surface area contributed by atoms with Crippen LogP contribution in [-0.4, -0.2) is 30.8 Å². The fraction of sp³-hybridized carbons (Fsp3) is 0.417. The Morgan fingerprint density at radius 2 is 2.06 bits per heavy atom. The van der Waals surface area contributed by atoms with E-state index in [1.165, 1.54) is 0 Å². The second-order valence-corrected chi connectivity index (χ2v) is 3.63. The lowest BCUT2D eigenvalue weighted by atomic mass is 10.3. The Bertz CT molecular complexity index is 353. The quantitative estimate of drug-likeness (QED) is 0.766. The predicted octanol–water partition coefficient (Wildman–Crippen LogP) is 2.27. The third-order valence-corrected chi connectivity index (χ3v) is 2.56. The number of benzene rings is 1. The lowest BCUT2D eigenvalue weighted by Gasteiger charge is -2.28. The van der Waals surface area contributed by atoms with Crippen LogP contribution in [0.1, 0.15) is 13.3 Å². The summed E-state index contributed by atoms with van der Waals surface area (Å²) in [5.41, 5.74) is 1.04.